The number of nitrogens with zero attached hydrogens (tertiary/aromatic N) is 1. The maximum Gasteiger partial charge on any atom is 0.356 e. The predicted molar refractivity (Wildman–Crippen MR) is 72.3 cm³/mol. The monoisotopic (exact) mass is 275 g/mol. The first-order valence-electron chi connectivity index (χ1n) is 6.11. The molecule has 0 amide bonds. The molecular weight excluding hydrogens is 262 g/mol. The summed E-state index contributed by atoms with van der Waals surface area (Å²) in [6.07, 6.45) is 2.65. The number of carboxylic acids is 1. The molecule has 1 aliphatic rings. The number of benzene rings is 1. The fraction of sp³-hybridized carbons (Fsp3) is 0.286. The Labute approximate surface area is 114 Å². The molecule has 0 saturated heterocycles. The van der Waals surface area contributed by atoms with Crippen molar-refractivity contribution in [3.05, 3.63) is 40.9 Å². The maximum absolute atomic E-state index is 11.0. The Morgan fingerprint density at radius 2 is 1.95 bits per heavy atom. The molecule has 4 nitrogen and oxygen atoms in total. The van der Waals surface area contributed by atoms with Crippen LogP contribution in [0.4, 0.5) is 0 Å². The van der Waals surface area contributed by atoms with Crippen LogP contribution in [-0.2, 0) is 5.60 Å². The van der Waals surface area contributed by atoms with Gasteiger partial charge in [0.15, 0.2) is 5.69 Å². The number of rotatable bonds is 3. The number of hydrogen-bond acceptors (Lipinski definition) is 4. The molecular formula is C14H13NO3S. The van der Waals surface area contributed by atoms with E-state index < -0.39 is 11.6 Å². The van der Waals surface area contributed by atoms with Gasteiger partial charge < -0.3 is 10.2 Å². The highest BCUT2D eigenvalue weighted by atomic mass is 32.1. The van der Waals surface area contributed by atoms with Gasteiger partial charge in [-0.3, -0.25) is 0 Å². The molecule has 2 aromatic rings. The van der Waals surface area contributed by atoms with Crippen molar-refractivity contribution < 1.29 is 15.0 Å². The summed E-state index contributed by atoms with van der Waals surface area (Å²) in [5.41, 5.74) is 1.76. The number of aromatic carboxylic acids is 1. The van der Waals surface area contributed by atoms with Gasteiger partial charge in [0.05, 0.1) is 5.60 Å². The minimum atomic E-state index is -1.02. The number of carbonyl (C=O) groups is 1. The lowest BCUT2D eigenvalue weighted by atomic mass is 9.75. The second-order valence-corrected chi connectivity index (χ2v) is 5.47. The molecule has 5 heteroatoms. The lowest BCUT2D eigenvalue weighted by Crippen LogP contribution is -2.33. The van der Waals surface area contributed by atoms with Crippen LogP contribution in [0, 0.1) is 0 Å². The van der Waals surface area contributed by atoms with Crippen molar-refractivity contribution in [2.24, 2.45) is 0 Å². The van der Waals surface area contributed by atoms with Crippen LogP contribution in [-0.4, -0.2) is 20.6 Å². The van der Waals surface area contributed by atoms with Crippen molar-refractivity contribution >= 4 is 17.5 Å². The molecule has 1 aromatic heterocycles. The molecule has 0 spiro atoms. The van der Waals surface area contributed by atoms with Crippen LogP contribution in [0.1, 0.15) is 35.3 Å². The van der Waals surface area contributed by atoms with E-state index in [4.69, 9.17) is 5.11 Å². The van der Waals surface area contributed by atoms with E-state index in [0.717, 1.165) is 41.9 Å². The van der Waals surface area contributed by atoms with E-state index >= 15 is 0 Å². The summed E-state index contributed by atoms with van der Waals surface area (Å²) in [6, 6.07) is 7.44. The second kappa shape index (κ2) is 4.43. The number of carboxylic acid groups (broad SMARTS) is 1. The Morgan fingerprint density at radius 3 is 2.47 bits per heavy atom. The molecule has 0 atom stereocenters. The molecule has 1 aromatic carbocycles. The lowest BCUT2D eigenvalue weighted by Gasteiger charge is -2.37. The fourth-order valence-electron chi connectivity index (χ4n) is 2.36. The third-order valence-corrected chi connectivity index (χ3v) is 4.32. The molecule has 3 rings (SSSR count). The van der Waals surface area contributed by atoms with Crippen LogP contribution < -0.4 is 0 Å². The van der Waals surface area contributed by atoms with Crippen LogP contribution in [0.2, 0.25) is 0 Å². The zero-order chi connectivity index (χ0) is 13.5. The van der Waals surface area contributed by atoms with E-state index in [-0.39, 0.29) is 5.69 Å². The summed E-state index contributed by atoms with van der Waals surface area (Å²) in [6.45, 7) is 0. The highest BCUT2D eigenvalue weighted by Gasteiger charge is 2.35. The molecule has 19 heavy (non-hydrogen) atoms. The van der Waals surface area contributed by atoms with E-state index in [1.54, 1.807) is 5.38 Å². The van der Waals surface area contributed by atoms with Gasteiger partial charge in [-0.15, -0.1) is 0 Å². The first kappa shape index (κ1) is 12.3. The lowest BCUT2D eigenvalue weighted by molar-refractivity contribution is -0.0387. The molecule has 1 aliphatic carbocycles. The number of aliphatic hydroxyl groups is 1. The fourth-order valence-corrected chi connectivity index (χ4v) is 3.04. The van der Waals surface area contributed by atoms with E-state index in [1.807, 2.05) is 24.3 Å². The van der Waals surface area contributed by atoms with Crippen molar-refractivity contribution in [2.45, 2.75) is 24.9 Å². The summed E-state index contributed by atoms with van der Waals surface area (Å²) >= 11 is 1.13. The number of hydrogen-bond donors (Lipinski definition) is 2. The van der Waals surface area contributed by atoms with Crippen molar-refractivity contribution in [1.29, 1.82) is 0 Å². The van der Waals surface area contributed by atoms with E-state index in [2.05, 4.69) is 4.37 Å². The number of aromatic nitrogens is 1. The van der Waals surface area contributed by atoms with Gasteiger partial charge in [0.1, 0.15) is 0 Å². The van der Waals surface area contributed by atoms with Crippen molar-refractivity contribution in [2.75, 3.05) is 0 Å². The quantitative estimate of drug-likeness (QED) is 0.903. The van der Waals surface area contributed by atoms with Gasteiger partial charge in [0, 0.05) is 10.9 Å². The Morgan fingerprint density at radius 1 is 1.26 bits per heavy atom. The summed E-state index contributed by atoms with van der Waals surface area (Å²) in [5, 5.41) is 21.0. The molecule has 1 heterocycles. The van der Waals surface area contributed by atoms with Gasteiger partial charge in [-0.05, 0) is 41.9 Å². The van der Waals surface area contributed by atoms with E-state index in [0.29, 0.717) is 5.56 Å². The Bertz CT molecular complexity index is 614. The largest absolute Gasteiger partial charge is 0.476 e. The Hall–Kier alpha value is -1.72. The standard InChI is InChI=1S/C14H13NO3S/c16-13(17)12-11(8-19-15-12)9-2-4-10(5-3-9)14(18)6-1-7-14/h2-5,8,18H,1,6-7H2,(H,16,17). The summed E-state index contributed by atoms with van der Waals surface area (Å²) in [4.78, 5) is 11.0. The van der Waals surface area contributed by atoms with E-state index in [9.17, 15) is 9.90 Å². The normalized spacial score (nSPS) is 16.9. The van der Waals surface area contributed by atoms with Crippen LogP contribution >= 0.6 is 11.5 Å². The van der Waals surface area contributed by atoms with Gasteiger partial charge in [0.25, 0.3) is 0 Å². The average Bonchev–Trinajstić information content (AvgIpc) is 2.85. The Balaban J connectivity index is 1.94. The minimum absolute atomic E-state index is 0.0834. The molecule has 0 radical (unpaired) electrons. The van der Waals surface area contributed by atoms with Crippen molar-refractivity contribution in [1.82, 2.24) is 4.37 Å². The first-order valence-corrected chi connectivity index (χ1v) is 6.95. The van der Waals surface area contributed by atoms with Crippen molar-refractivity contribution in [3.63, 3.8) is 0 Å². The average molecular weight is 275 g/mol. The molecule has 0 unspecified atom stereocenters. The SMILES string of the molecule is O=C(O)c1nscc1-c1ccc(C2(O)CCC2)cc1. The second-order valence-electron chi connectivity index (χ2n) is 4.84. The van der Waals surface area contributed by atoms with Gasteiger partial charge in [-0.25, -0.2) is 4.79 Å². The summed E-state index contributed by atoms with van der Waals surface area (Å²) < 4.78 is 3.88. The highest BCUT2D eigenvalue weighted by molar-refractivity contribution is 7.04. The summed E-state index contributed by atoms with van der Waals surface area (Å²) in [7, 11) is 0. The van der Waals surface area contributed by atoms with E-state index in [1.165, 1.54) is 0 Å². The minimum Gasteiger partial charge on any atom is -0.476 e. The van der Waals surface area contributed by atoms with Gasteiger partial charge in [-0.2, -0.15) is 4.37 Å². The van der Waals surface area contributed by atoms with Gasteiger partial charge in [-0.1, -0.05) is 24.3 Å². The Kier molecular flexibility index (Phi) is 2.88. The molecule has 1 fully saturated rings. The van der Waals surface area contributed by atoms with Gasteiger partial charge >= 0.3 is 5.97 Å². The molecule has 1 saturated carbocycles. The first-order chi connectivity index (χ1) is 9.10. The van der Waals surface area contributed by atoms with Crippen LogP contribution in [0.25, 0.3) is 11.1 Å². The zero-order valence-electron chi connectivity index (χ0n) is 10.2. The van der Waals surface area contributed by atoms with Crippen LogP contribution in [0.5, 0.6) is 0 Å². The molecule has 2 N–H and O–H groups in total. The topological polar surface area (TPSA) is 70.4 Å². The van der Waals surface area contributed by atoms with Gasteiger partial charge in [0.2, 0.25) is 0 Å². The van der Waals surface area contributed by atoms with Crippen LogP contribution in [0.15, 0.2) is 29.6 Å². The zero-order valence-corrected chi connectivity index (χ0v) is 11.0. The summed E-state index contributed by atoms with van der Waals surface area (Å²) in [5.74, 6) is -1.02. The van der Waals surface area contributed by atoms with Crippen LogP contribution in [0.3, 0.4) is 0 Å². The molecule has 0 aliphatic heterocycles. The molecule has 98 valence electrons. The third kappa shape index (κ3) is 2.05. The smallest absolute Gasteiger partial charge is 0.356 e. The van der Waals surface area contributed by atoms with Crippen molar-refractivity contribution in [3.8, 4) is 11.1 Å². The third-order valence-electron chi connectivity index (χ3n) is 3.69. The molecule has 0 bridgehead atoms. The maximum atomic E-state index is 11.0. The highest BCUT2D eigenvalue weighted by Crippen LogP contribution is 2.41. The predicted octanol–water partition coefficient (Wildman–Crippen LogP) is 2.88.